The van der Waals surface area contributed by atoms with E-state index in [1.54, 1.807) is 0 Å². The van der Waals surface area contributed by atoms with Gasteiger partial charge < -0.3 is 15.1 Å². The molecule has 1 saturated carbocycles. The van der Waals surface area contributed by atoms with E-state index in [0.29, 0.717) is 11.8 Å². The molecule has 1 aromatic rings. The Morgan fingerprint density at radius 1 is 1.29 bits per heavy atom. The molecular weight excluding hydrogens is 354 g/mol. The largest absolute Gasteiger partial charge is 0.355 e. The van der Waals surface area contributed by atoms with Crippen molar-refractivity contribution >= 4 is 11.9 Å². The Kier molecular flexibility index (Phi) is 7.30. The van der Waals surface area contributed by atoms with Gasteiger partial charge in [-0.05, 0) is 12.8 Å². The molecule has 2 fully saturated rings. The second-order valence-corrected chi connectivity index (χ2v) is 8.00. The summed E-state index contributed by atoms with van der Waals surface area (Å²) in [7, 11) is 5.78. The van der Waals surface area contributed by atoms with Gasteiger partial charge in [0.05, 0.1) is 6.20 Å². The molecule has 28 heavy (non-hydrogen) atoms. The van der Waals surface area contributed by atoms with Gasteiger partial charge in [-0.2, -0.15) is 5.10 Å². The second kappa shape index (κ2) is 9.91. The summed E-state index contributed by atoms with van der Waals surface area (Å²) < 4.78 is 1.82. The number of carbonyl (C=O) groups excluding carboxylic acids is 1. The van der Waals surface area contributed by atoms with E-state index in [1.165, 1.54) is 12.8 Å². The van der Waals surface area contributed by atoms with Crippen molar-refractivity contribution in [1.29, 1.82) is 0 Å². The Bertz CT molecular complexity index is 657. The van der Waals surface area contributed by atoms with Gasteiger partial charge in [-0.1, -0.05) is 12.8 Å². The molecule has 0 bridgehead atoms. The number of aromatic nitrogens is 2. The molecule has 3 rings (SSSR count). The van der Waals surface area contributed by atoms with Crippen molar-refractivity contribution in [3.63, 3.8) is 0 Å². The minimum Gasteiger partial charge on any atom is -0.355 e. The fraction of sp³-hybridized carbons (Fsp3) is 0.750. The number of piperazine rings is 1. The molecule has 1 N–H and O–H groups in total. The molecule has 156 valence electrons. The van der Waals surface area contributed by atoms with Crippen LogP contribution in [0.1, 0.15) is 31.2 Å². The van der Waals surface area contributed by atoms with Crippen LogP contribution in [0.2, 0.25) is 0 Å². The first-order chi connectivity index (χ1) is 13.6. The highest BCUT2D eigenvalue weighted by atomic mass is 16.2. The molecule has 0 unspecified atom stereocenters. The zero-order chi connectivity index (χ0) is 19.9. The van der Waals surface area contributed by atoms with Gasteiger partial charge in [-0.15, -0.1) is 0 Å². The lowest BCUT2D eigenvalue weighted by Crippen LogP contribution is -2.51. The van der Waals surface area contributed by atoms with E-state index in [1.807, 2.05) is 38.2 Å². The van der Waals surface area contributed by atoms with Crippen LogP contribution in [-0.2, 0) is 18.4 Å². The number of guanidine groups is 1. The normalized spacial score (nSPS) is 19.2. The second-order valence-electron chi connectivity index (χ2n) is 8.00. The molecule has 1 aliphatic heterocycles. The molecule has 8 nitrogen and oxygen atoms in total. The molecule has 1 aliphatic carbocycles. The maximum Gasteiger partial charge on any atom is 0.225 e. The minimum absolute atomic E-state index is 0.298. The maximum absolute atomic E-state index is 12.5. The first-order valence-electron chi connectivity index (χ1n) is 10.5. The lowest BCUT2D eigenvalue weighted by Gasteiger charge is -2.36. The Hall–Kier alpha value is -2.09. The van der Waals surface area contributed by atoms with Gasteiger partial charge in [-0.25, -0.2) is 0 Å². The summed E-state index contributed by atoms with van der Waals surface area (Å²) in [6.07, 6.45) is 8.53. The standard InChI is InChI=1S/C20H35N7O/c1-21-20(24(2)15-17-14-23-25(3)16-17)22-8-9-26-10-12-27(13-11-26)19(28)18-6-4-5-7-18/h14,16,18H,4-13,15H2,1-3H3,(H,21,22). The van der Waals surface area contributed by atoms with Crippen molar-refractivity contribution in [3.05, 3.63) is 18.0 Å². The highest BCUT2D eigenvalue weighted by molar-refractivity contribution is 5.79. The molecule has 2 aliphatic rings. The first-order valence-corrected chi connectivity index (χ1v) is 10.5. The maximum atomic E-state index is 12.5. The summed E-state index contributed by atoms with van der Waals surface area (Å²) in [6.45, 7) is 6.24. The lowest BCUT2D eigenvalue weighted by atomic mass is 10.1. The van der Waals surface area contributed by atoms with Gasteiger partial charge >= 0.3 is 0 Å². The third-order valence-corrected chi connectivity index (χ3v) is 5.85. The molecule has 0 spiro atoms. The monoisotopic (exact) mass is 389 g/mol. The Balaban J connectivity index is 1.35. The van der Waals surface area contributed by atoms with Crippen molar-refractivity contribution in [2.45, 2.75) is 32.2 Å². The zero-order valence-corrected chi connectivity index (χ0v) is 17.6. The average molecular weight is 390 g/mol. The third-order valence-electron chi connectivity index (χ3n) is 5.85. The smallest absolute Gasteiger partial charge is 0.225 e. The van der Waals surface area contributed by atoms with Crippen LogP contribution in [-0.4, -0.2) is 89.7 Å². The fourth-order valence-corrected chi connectivity index (χ4v) is 4.24. The number of aryl methyl sites for hydroxylation is 1. The Labute approximate surface area is 168 Å². The van der Waals surface area contributed by atoms with Crippen molar-refractivity contribution in [2.75, 3.05) is 53.4 Å². The molecule has 0 radical (unpaired) electrons. The molecular formula is C20H35N7O. The Morgan fingerprint density at radius 2 is 2.00 bits per heavy atom. The third kappa shape index (κ3) is 5.47. The Morgan fingerprint density at radius 3 is 2.61 bits per heavy atom. The van der Waals surface area contributed by atoms with E-state index in [4.69, 9.17) is 0 Å². The summed E-state index contributed by atoms with van der Waals surface area (Å²) in [5.41, 5.74) is 1.16. The lowest BCUT2D eigenvalue weighted by molar-refractivity contribution is -0.137. The van der Waals surface area contributed by atoms with Crippen molar-refractivity contribution in [2.24, 2.45) is 18.0 Å². The van der Waals surface area contributed by atoms with Crippen LogP contribution in [0.25, 0.3) is 0 Å². The highest BCUT2D eigenvalue weighted by Gasteiger charge is 2.29. The minimum atomic E-state index is 0.298. The molecule has 1 saturated heterocycles. The van der Waals surface area contributed by atoms with Crippen LogP contribution >= 0.6 is 0 Å². The van der Waals surface area contributed by atoms with Crippen molar-refractivity contribution in [1.82, 2.24) is 29.8 Å². The van der Waals surface area contributed by atoms with E-state index in [0.717, 1.165) is 70.2 Å². The molecule has 0 aromatic carbocycles. The molecule has 0 atom stereocenters. The van der Waals surface area contributed by atoms with Gasteiger partial charge in [0.25, 0.3) is 0 Å². The molecule has 2 heterocycles. The average Bonchev–Trinajstić information content (AvgIpc) is 3.37. The van der Waals surface area contributed by atoms with Gasteiger partial charge in [0.15, 0.2) is 5.96 Å². The molecule has 8 heteroatoms. The van der Waals surface area contributed by atoms with Gasteiger partial charge in [-0.3, -0.25) is 19.4 Å². The first kappa shape index (κ1) is 20.6. The van der Waals surface area contributed by atoms with Crippen LogP contribution in [0.3, 0.4) is 0 Å². The summed E-state index contributed by atoms with van der Waals surface area (Å²) in [4.78, 5) is 23.5. The van der Waals surface area contributed by atoms with E-state index >= 15 is 0 Å². The summed E-state index contributed by atoms with van der Waals surface area (Å²) in [6, 6.07) is 0. The number of carbonyl (C=O) groups is 1. The summed E-state index contributed by atoms with van der Waals surface area (Å²) >= 11 is 0. The number of aliphatic imine (C=N–C) groups is 1. The van der Waals surface area contributed by atoms with Crippen molar-refractivity contribution < 1.29 is 4.79 Å². The number of nitrogens with zero attached hydrogens (tertiary/aromatic N) is 6. The van der Waals surface area contributed by atoms with Gasteiger partial charge in [0, 0.05) is 84.6 Å². The number of hydrogen-bond donors (Lipinski definition) is 1. The number of rotatable bonds is 6. The van der Waals surface area contributed by atoms with Crippen LogP contribution in [0.4, 0.5) is 0 Å². The quantitative estimate of drug-likeness (QED) is 0.575. The van der Waals surface area contributed by atoms with E-state index < -0.39 is 0 Å². The predicted molar refractivity (Wildman–Crippen MR) is 111 cm³/mol. The zero-order valence-electron chi connectivity index (χ0n) is 17.6. The van der Waals surface area contributed by atoms with E-state index in [-0.39, 0.29) is 0 Å². The summed E-state index contributed by atoms with van der Waals surface area (Å²) in [5, 5.41) is 7.67. The van der Waals surface area contributed by atoms with E-state index in [2.05, 4.69) is 30.1 Å². The van der Waals surface area contributed by atoms with Crippen LogP contribution in [0.5, 0.6) is 0 Å². The predicted octanol–water partition coefficient (Wildman–Crippen LogP) is 0.762. The molecule has 1 amide bonds. The SMILES string of the molecule is CN=C(NCCN1CCN(C(=O)C2CCCC2)CC1)N(C)Cc1cnn(C)c1. The van der Waals surface area contributed by atoms with Crippen LogP contribution < -0.4 is 5.32 Å². The van der Waals surface area contributed by atoms with Crippen molar-refractivity contribution in [3.8, 4) is 0 Å². The number of amides is 1. The molecule has 1 aromatic heterocycles. The number of hydrogen-bond acceptors (Lipinski definition) is 4. The summed E-state index contributed by atoms with van der Waals surface area (Å²) in [5.74, 6) is 1.58. The highest BCUT2D eigenvalue weighted by Crippen LogP contribution is 2.26. The topological polar surface area (TPSA) is 69.0 Å². The van der Waals surface area contributed by atoms with E-state index in [9.17, 15) is 4.79 Å². The van der Waals surface area contributed by atoms with Gasteiger partial charge in [0.1, 0.15) is 0 Å². The van der Waals surface area contributed by atoms with Gasteiger partial charge in [0.2, 0.25) is 5.91 Å². The number of nitrogens with one attached hydrogen (secondary N) is 1. The van der Waals surface area contributed by atoms with Crippen LogP contribution in [0, 0.1) is 5.92 Å². The fourth-order valence-electron chi connectivity index (χ4n) is 4.24. The van der Waals surface area contributed by atoms with Crippen LogP contribution in [0.15, 0.2) is 17.4 Å².